The maximum Gasteiger partial charge on any atom is 0.251 e. The number of aromatic nitrogens is 5. The number of carbonyl (C=O) groups excluding carboxylic acids is 1. The van der Waals surface area contributed by atoms with E-state index in [9.17, 15) is 4.79 Å². The van der Waals surface area contributed by atoms with Gasteiger partial charge in [0.05, 0.1) is 17.3 Å². The van der Waals surface area contributed by atoms with E-state index in [2.05, 4.69) is 25.4 Å². The van der Waals surface area contributed by atoms with Gasteiger partial charge in [0.1, 0.15) is 17.1 Å². The predicted octanol–water partition coefficient (Wildman–Crippen LogP) is 4.39. The van der Waals surface area contributed by atoms with Crippen LogP contribution in [0, 0.1) is 6.92 Å². The number of hydrogen-bond acceptors (Lipinski definition) is 5. The fraction of sp³-hybridized carbons (Fsp3) is 0.120. The van der Waals surface area contributed by atoms with Gasteiger partial charge in [-0.25, -0.2) is 4.98 Å². The molecule has 0 aliphatic heterocycles. The Balaban J connectivity index is 1.40. The Morgan fingerprint density at radius 3 is 2.76 bits per heavy atom. The number of ether oxygens (including phenoxy) is 1. The van der Waals surface area contributed by atoms with E-state index in [-0.39, 0.29) is 5.91 Å². The third kappa shape index (κ3) is 4.18. The standard InChI is InChI=1S/C25H22N6O2/c1-16-19(25(32)28-13-17-6-9-26-10-7-17)4-3-5-22(16)33-23-8-11-27-24-20(23)12-21(30-24)18-14-29-31(2)15-18/h3-12,14-15H,13H2,1-2H3,(H,27,30)(H,28,32). The average molecular weight is 438 g/mol. The van der Waals surface area contributed by atoms with Crippen LogP contribution in [0.25, 0.3) is 22.3 Å². The lowest BCUT2D eigenvalue weighted by Crippen LogP contribution is -2.23. The molecule has 8 heteroatoms. The number of fused-ring (bicyclic) bond motifs is 1. The van der Waals surface area contributed by atoms with Gasteiger partial charge in [-0.2, -0.15) is 5.10 Å². The highest BCUT2D eigenvalue weighted by Gasteiger charge is 2.15. The van der Waals surface area contributed by atoms with Gasteiger partial charge in [0.25, 0.3) is 5.91 Å². The topological polar surface area (TPSA) is 97.7 Å². The number of nitrogens with one attached hydrogen (secondary N) is 2. The van der Waals surface area contributed by atoms with Crippen molar-refractivity contribution in [3.8, 4) is 22.8 Å². The van der Waals surface area contributed by atoms with Gasteiger partial charge in [-0.1, -0.05) is 6.07 Å². The molecule has 0 atom stereocenters. The van der Waals surface area contributed by atoms with Crippen LogP contribution in [0.1, 0.15) is 21.5 Å². The zero-order chi connectivity index (χ0) is 22.8. The highest BCUT2D eigenvalue weighted by molar-refractivity contribution is 5.96. The highest BCUT2D eigenvalue weighted by Crippen LogP contribution is 2.34. The van der Waals surface area contributed by atoms with Crippen molar-refractivity contribution >= 4 is 16.9 Å². The molecule has 0 unspecified atom stereocenters. The molecule has 0 aliphatic carbocycles. The lowest BCUT2D eigenvalue weighted by Gasteiger charge is -2.13. The number of aromatic amines is 1. The van der Waals surface area contributed by atoms with E-state index in [1.54, 1.807) is 35.5 Å². The second kappa shape index (κ2) is 8.58. The fourth-order valence-electron chi connectivity index (χ4n) is 3.68. The van der Waals surface area contributed by atoms with Crippen LogP contribution in [0.3, 0.4) is 0 Å². The monoisotopic (exact) mass is 438 g/mol. The summed E-state index contributed by atoms with van der Waals surface area (Å²) in [6.07, 6.45) is 8.84. The molecule has 8 nitrogen and oxygen atoms in total. The molecule has 2 N–H and O–H groups in total. The summed E-state index contributed by atoms with van der Waals surface area (Å²) in [5, 5.41) is 8.03. The largest absolute Gasteiger partial charge is 0.456 e. The number of carbonyl (C=O) groups is 1. The summed E-state index contributed by atoms with van der Waals surface area (Å²) < 4.78 is 8.01. The molecule has 1 amide bonds. The Hall–Kier alpha value is -4.46. The maximum absolute atomic E-state index is 12.8. The molecular weight excluding hydrogens is 416 g/mol. The summed E-state index contributed by atoms with van der Waals surface area (Å²) >= 11 is 0. The van der Waals surface area contributed by atoms with Crippen LogP contribution in [0.15, 0.2) is 73.4 Å². The van der Waals surface area contributed by atoms with Crippen molar-refractivity contribution in [1.29, 1.82) is 0 Å². The number of benzene rings is 1. The van der Waals surface area contributed by atoms with Crippen LogP contribution in [0.5, 0.6) is 11.5 Å². The van der Waals surface area contributed by atoms with Gasteiger partial charge in [0, 0.05) is 55.1 Å². The summed E-state index contributed by atoms with van der Waals surface area (Å²) in [5.74, 6) is 1.11. The minimum absolute atomic E-state index is 0.157. The van der Waals surface area contributed by atoms with Gasteiger partial charge in [-0.05, 0) is 48.9 Å². The minimum atomic E-state index is -0.157. The normalized spacial score (nSPS) is 11.0. The van der Waals surface area contributed by atoms with E-state index in [4.69, 9.17) is 4.74 Å². The smallest absolute Gasteiger partial charge is 0.251 e. The first-order valence-electron chi connectivity index (χ1n) is 10.5. The van der Waals surface area contributed by atoms with Crippen LogP contribution < -0.4 is 10.1 Å². The van der Waals surface area contributed by atoms with Gasteiger partial charge in [-0.3, -0.25) is 14.5 Å². The molecule has 4 heterocycles. The number of hydrogen-bond donors (Lipinski definition) is 2. The van der Waals surface area contributed by atoms with E-state index >= 15 is 0 Å². The van der Waals surface area contributed by atoms with E-state index in [1.165, 1.54) is 0 Å². The summed E-state index contributed by atoms with van der Waals surface area (Å²) in [6, 6.07) is 13.0. The Morgan fingerprint density at radius 2 is 1.97 bits per heavy atom. The van der Waals surface area contributed by atoms with Crippen molar-refractivity contribution in [2.75, 3.05) is 0 Å². The first kappa shape index (κ1) is 20.4. The molecule has 0 bridgehead atoms. The number of pyridine rings is 2. The van der Waals surface area contributed by atoms with Gasteiger partial charge in [0.15, 0.2) is 0 Å². The van der Waals surface area contributed by atoms with E-state index in [1.807, 2.05) is 56.6 Å². The van der Waals surface area contributed by atoms with Crippen LogP contribution in [0.2, 0.25) is 0 Å². The maximum atomic E-state index is 12.8. The van der Waals surface area contributed by atoms with Crippen molar-refractivity contribution in [2.24, 2.45) is 7.05 Å². The molecule has 0 saturated carbocycles. The van der Waals surface area contributed by atoms with Crippen molar-refractivity contribution < 1.29 is 9.53 Å². The molecule has 5 aromatic rings. The van der Waals surface area contributed by atoms with Crippen LogP contribution in [-0.4, -0.2) is 30.6 Å². The Morgan fingerprint density at radius 1 is 1.12 bits per heavy atom. The summed E-state index contributed by atoms with van der Waals surface area (Å²) in [5.41, 5.74) is 4.90. The van der Waals surface area contributed by atoms with E-state index < -0.39 is 0 Å². The van der Waals surface area contributed by atoms with Gasteiger partial charge < -0.3 is 15.0 Å². The zero-order valence-corrected chi connectivity index (χ0v) is 18.2. The zero-order valence-electron chi connectivity index (χ0n) is 18.2. The van der Waals surface area contributed by atoms with Crippen LogP contribution in [-0.2, 0) is 13.6 Å². The highest BCUT2D eigenvalue weighted by atomic mass is 16.5. The Labute approximate surface area is 190 Å². The summed E-state index contributed by atoms with van der Waals surface area (Å²) in [6.45, 7) is 2.31. The lowest BCUT2D eigenvalue weighted by atomic mass is 10.1. The SMILES string of the molecule is Cc1c(Oc2ccnc3[nH]c(-c4cnn(C)c4)cc23)cccc1C(=O)NCc1ccncc1. The third-order valence-electron chi connectivity index (χ3n) is 5.46. The van der Waals surface area contributed by atoms with Crippen molar-refractivity contribution in [3.63, 3.8) is 0 Å². The molecule has 164 valence electrons. The molecule has 0 spiro atoms. The molecule has 1 aromatic carbocycles. The number of amides is 1. The van der Waals surface area contributed by atoms with Crippen LogP contribution >= 0.6 is 0 Å². The molecule has 0 aliphatic rings. The summed E-state index contributed by atoms with van der Waals surface area (Å²) in [4.78, 5) is 24.6. The van der Waals surface area contributed by atoms with E-state index in [0.717, 1.165) is 33.4 Å². The Bertz CT molecular complexity index is 1440. The number of rotatable bonds is 6. The first-order valence-corrected chi connectivity index (χ1v) is 10.5. The van der Waals surface area contributed by atoms with Crippen LogP contribution in [0.4, 0.5) is 0 Å². The molecule has 33 heavy (non-hydrogen) atoms. The quantitative estimate of drug-likeness (QED) is 0.410. The van der Waals surface area contributed by atoms with Gasteiger partial charge >= 0.3 is 0 Å². The second-order valence-corrected chi connectivity index (χ2v) is 7.73. The molecular formula is C25H22N6O2. The van der Waals surface area contributed by atoms with Crippen molar-refractivity contribution in [3.05, 3.63) is 90.1 Å². The molecule has 0 fully saturated rings. The number of aryl methyl sites for hydroxylation is 1. The average Bonchev–Trinajstić information content (AvgIpc) is 3.46. The molecule has 4 aromatic heterocycles. The summed E-state index contributed by atoms with van der Waals surface area (Å²) in [7, 11) is 1.88. The second-order valence-electron chi connectivity index (χ2n) is 7.73. The Kier molecular flexibility index (Phi) is 5.32. The third-order valence-corrected chi connectivity index (χ3v) is 5.46. The predicted molar refractivity (Wildman–Crippen MR) is 125 cm³/mol. The van der Waals surface area contributed by atoms with Gasteiger partial charge in [-0.15, -0.1) is 0 Å². The number of H-pyrrole nitrogens is 1. The van der Waals surface area contributed by atoms with Gasteiger partial charge in [0.2, 0.25) is 0 Å². The fourth-order valence-corrected chi connectivity index (χ4v) is 3.68. The van der Waals surface area contributed by atoms with E-state index in [0.29, 0.717) is 23.6 Å². The molecule has 0 radical (unpaired) electrons. The first-order chi connectivity index (χ1) is 16.1. The molecule has 5 rings (SSSR count). The van der Waals surface area contributed by atoms with Crippen molar-refractivity contribution in [2.45, 2.75) is 13.5 Å². The lowest BCUT2D eigenvalue weighted by molar-refractivity contribution is 0.0950. The molecule has 0 saturated heterocycles. The minimum Gasteiger partial charge on any atom is -0.456 e. The van der Waals surface area contributed by atoms with Crippen molar-refractivity contribution in [1.82, 2.24) is 30.0 Å². The number of nitrogens with zero attached hydrogens (tertiary/aromatic N) is 4.